The van der Waals surface area contributed by atoms with E-state index in [1.165, 1.54) is 28.3 Å². The molecule has 4 rings (SSSR count). The molecule has 2 heterocycles. The van der Waals surface area contributed by atoms with E-state index in [2.05, 4.69) is 26.0 Å². The predicted octanol–water partition coefficient (Wildman–Crippen LogP) is 4.27. The van der Waals surface area contributed by atoms with Gasteiger partial charge in [0.25, 0.3) is 0 Å². The molecule has 0 aliphatic heterocycles. The number of sulfonamides is 1. The zero-order valence-corrected chi connectivity index (χ0v) is 20.6. The molecule has 0 saturated carbocycles. The van der Waals surface area contributed by atoms with Gasteiger partial charge < -0.3 is 9.84 Å². The zero-order valence-electron chi connectivity index (χ0n) is 17.5. The third kappa shape index (κ3) is 4.91. The van der Waals surface area contributed by atoms with E-state index in [4.69, 9.17) is 21.4 Å². The van der Waals surface area contributed by atoms with E-state index in [-0.39, 0.29) is 17.3 Å². The van der Waals surface area contributed by atoms with Crippen LogP contribution in [0.2, 0.25) is 5.02 Å². The van der Waals surface area contributed by atoms with Crippen molar-refractivity contribution in [2.24, 2.45) is 0 Å². The van der Waals surface area contributed by atoms with Crippen LogP contribution in [0.1, 0.15) is 30.1 Å². The molecular formula is C21H20BrClN4O5S. The molecule has 12 heteroatoms. The molecular weight excluding hydrogens is 536 g/mol. The second-order valence-corrected chi connectivity index (χ2v) is 10.8. The maximum Gasteiger partial charge on any atom is 0.325 e. The fourth-order valence-corrected chi connectivity index (χ4v) is 5.86. The first-order valence-corrected chi connectivity index (χ1v) is 12.6. The van der Waals surface area contributed by atoms with Crippen LogP contribution in [0.3, 0.4) is 0 Å². The fourth-order valence-electron chi connectivity index (χ4n) is 3.81. The Morgan fingerprint density at radius 3 is 2.73 bits per heavy atom. The van der Waals surface area contributed by atoms with Gasteiger partial charge >= 0.3 is 5.97 Å². The summed E-state index contributed by atoms with van der Waals surface area (Å²) in [6, 6.07) is 7.71. The highest BCUT2D eigenvalue weighted by Gasteiger charge is 2.34. The smallest absolute Gasteiger partial charge is 0.325 e. The van der Waals surface area contributed by atoms with E-state index in [9.17, 15) is 13.2 Å². The minimum atomic E-state index is -3.90. The summed E-state index contributed by atoms with van der Waals surface area (Å²) in [4.78, 5) is 15.3. The summed E-state index contributed by atoms with van der Waals surface area (Å²) in [7, 11) is -2.39. The van der Waals surface area contributed by atoms with Crippen LogP contribution in [0.25, 0.3) is 0 Å². The number of nitrogens with zero attached hydrogens (tertiary/aromatic N) is 4. The summed E-state index contributed by atoms with van der Waals surface area (Å²) >= 11 is 9.23. The summed E-state index contributed by atoms with van der Waals surface area (Å²) in [5.41, 5.74) is 1.48. The normalized spacial score (nSPS) is 15.9. The van der Waals surface area contributed by atoms with Crippen molar-refractivity contribution in [2.75, 3.05) is 7.05 Å². The van der Waals surface area contributed by atoms with E-state index < -0.39 is 22.0 Å². The molecule has 0 radical (unpaired) electrons. The summed E-state index contributed by atoms with van der Waals surface area (Å²) in [6.45, 7) is -0.259. The minimum absolute atomic E-state index is 0.00498. The van der Waals surface area contributed by atoms with Gasteiger partial charge in [-0.2, -0.15) is 9.40 Å². The second-order valence-electron chi connectivity index (χ2n) is 7.54. The molecule has 1 atom stereocenters. The van der Waals surface area contributed by atoms with Gasteiger partial charge in [0.2, 0.25) is 15.9 Å². The Kier molecular flexibility index (Phi) is 6.76. The van der Waals surface area contributed by atoms with E-state index in [1.807, 2.05) is 0 Å². The molecule has 0 saturated heterocycles. The average Bonchev–Trinajstić information content (AvgIpc) is 3.18. The molecule has 0 bridgehead atoms. The Hall–Kier alpha value is -2.47. The number of fused-ring (bicyclic) bond motifs is 1. The Labute approximate surface area is 204 Å². The van der Waals surface area contributed by atoms with Gasteiger partial charge in [0.15, 0.2) is 0 Å². The van der Waals surface area contributed by atoms with Crippen molar-refractivity contribution in [1.29, 1.82) is 0 Å². The first-order chi connectivity index (χ1) is 15.7. The number of aromatic nitrogens is 3. The quantitative estimate of drug-likeness (QED) is 0.463. The van der Waals surface area contributed by atoms with Crippen LogP contribution < -0.4 is 4.74 Å². The topological polar surface area (TPSA) is 115 Å². The number of rotatable bonds is 7. The molecule has 1 aliphatic rings. The number of carbonyl (C=O) groups is 1. The first-order valence-electron chi connectivity index (χ1n) is 10.00. The van der Waals surface area contributed by atoms with Gasteiger partial charge in [0.05, 0.1) is 22.9 Å². The number of benzene rings is 1. The zero-order chi connectivity index (χ0) is 23.8. The van der Waals surface area contributed by atoms with Gasteiger partial charge in [-0.1, -0.05) is 11.6 Å². The van der Waals surface area contributed by atoms with Crippen LogP contribution in [0.5, 0.6) is 11.6 Å². The molecule has 0 spiro atoms. The highest BCUT2D eigenvalue weighted by Crippen LogP contribution is 2.37. The van der Waals surface area contributed by atoms with Crippen molar-refractivity contribution >= 4 is 43.5 Å². The van der Waals surface area contributed by atoms with Crippen molar-refractivity contribution in [1.82, 2.24) is 19.1 Å². The third-order valence-electron chi connectivity index (χ3n) is 5.44. The fraction of sp³-hybridized carbons (Fsp3) is 0.286. The lowest BCUT2D eigenvalue weighted by atomic mass is 9.93. The molecule has 1 unspecified atom stereocenters. The predicted molar refractivity (Wildman–Crippen MR) is 124 cm³/mol. The van der Waals surface area contributed by atoms with E-state index in [0.717, 1.165) is 17.7 Å². The monoisotopic (exact) mass is 554 g/mol. The molecule has 2 aromatic heterocycles. The molecule has 3 aromatic rings. The minimum Gasteiger partial charge on any atom is -0.480 e. The number of hydrogen-bond donors (Lipinski definition) is 1. The molecule has 1 aliphatic carbocycles. The van der Waals surface area contributed by atoms with Crippen molar-refractivity contribution in [2.45, 2.75) is 36.7 Å². The molecule has 33 heavy (non-hydrogen) atoms. The van der Waals surface area contributed by atoms with Crippen LogP contribution in [0.4, 0.5) is 0 Å². The lowest BCUT2D eigenvalue weighted by Gasteiger charge is -2.30. The first kappa shape index (κ1) is 23.7. The maximum absolute atomic E-state index is 13.4. The van der Waals surface area contributed by atoms with Gasteiger partial charge in [0.1, 0.15) is 17.2 Å². The standard InChI is InChI=1S/C21H20BrClN4O5S/c1-26(18-3-2-4-19-16(18)11-25-27(19)12-20(28)29)33(30,31)15-9-17(22)21(24-10-15)32-14-7-5-13(23)6-8-14/h5-11,18H,2-4,12H2,1H3,(H,28,29). The van der Waals surface area contributed by atoms with Gasteiger partial charge in [-0.25, -0.2) is 13.4 Å². The summed E-state index contributed by atoms with van der Waals surface area (Å²) in [5.74, 6) is -0.275. The molecule has 0 fully saturated rings. The van der Waals surface area contributed by atoms with Crippen molar-refractivity contribution in [3.63, 3.8) is 0 Å². The van der Waals surface area contributed by atoms with Crippen molar-refractivity contribution in [3.05, 3.63) is 63.5 Å². The SMILES string of the molecule is CN(C1CCCc2c1cnn2CC(=O)O)S(=O)(=O)c1cnc(Oc2ccc(Cl)cc2)c(Br)c1. The van der Waals surface area contributed by atoms with Crippen LogP contribution in [-0.2, 0) is 27.8 Å². The van der Waals surface area contributed by atoms with Gasteiger partial charge in [0, 0.05) is 23.3 Å². The molecule has 9 nitrogen and oxygen atoms in total. The van der Waals surface area contributed by atoms with Crippen molar-refractivity contribution in [3.8, 4) is 11.6 Å². The Morgan fingerprint density at radius 1 is 1.33 bits per heavy atom. The lowest BCUT2D eigenvalue weighted by Crippen LogP contribution is -2.33. The Morgan fingerprint density at radius 2 is 2.06 bits per heavy atom. The number of halogens is 2. The summed E-state index contributed by atoms with van der Waals surface area (Å²) < 4.78 is 35.5. The van der Waals surface area contributed by atoms with Crippen LogP contribution in [-0.4, -0.2) is 45.6 Å². The number of hydrogen-bond acceptors (Lipinski definition) is 6. The van der Waals surface area contributed by atoms with Crippen LogP contribution in [0.15, 0.2) is 52.1 Å². The average molecular weight is 556 g/mol. The molecule has 1 N–H and O–H groups in total. The number of ether oxygens (including phenoxy) is 1. The number of pyridine rings is 1. The number of carboxylic acids is 1. The van der Waals surface area contributed by atoms with E-state index >= 15 is 0 Å². The van der Waals surface area contributed by atoms with Crippen LogP contribution >= 0.6 is 27.5 Å². The molecule has 0 amide bonds. The van der Waals surface area contributed by atoms with Gasteiger partial charge in [-0.05, 0) is 65.5 Å². The molecule has 174 valence electrons. The Bertz CT molecular complexity index is 1300. The van der Waals surface area contributed by atoms with Gasteiger partial charge in [-0.3, -0.25) is 9.48 Å². The number of carboxylic acid groups (broad SMARTS) is 1. The van der Waals surface area contributed by atoms with Crippen molar-refractivity contribution < 1.29 is 23.1 Å². The highest BCUT2D eigenvalue weighted by atomic mass is 79.9. The number of aliphatic carboxylic acids is 1. The highest BCUT2D eigenvalue weighted by molar-refractivity contribution is 9.10. The Balaban J connectivity index is 1.58. The largest absolute Gasteiger partial charge is 0.480 e. The maximum atomic E-state index is 13.4. The lowest BCUT2D eigenvalue weighted by molar-refractivity contribution is -0.137. The summed E-state index contributed by atoms with van der Waals surface area (Å²) in [5, 5.41) is 13.8. The van der Waals surface area contributed by atoms with Crippen LogP contribution in [0, 0.1) is 0 Å². The second kappa shape index (κ2) is 9.41. The summed E-state index contributed by atoms with van der Waals surface area (Å²) in [6.07, 6.45) is 4.79. The van der Waals surface area contributed by atoms with E-state index in [1.54, 1.807) is 30.5 Å². The van der Waals surface area contributed by atoms with Gasteiger partial charge in [-0.15, -0.1) is 0 Å². The van der Waals surface area contributed by atoms with E-state index in [0.29, 0.717) is 28.1 Å². The molecule has 1 aromatic carbocycles. The third-order valence-corrected chi connectivity index (χ3v) is 8.09.